The zero-order valence-electron chi connectivity index (χ0n) is 12.3. The number of likely N-dealkylation sites (tertiary alicyclic amines) is 1. The Balaban J connectivity index is 1.83. The van der Waals surface area contributed by atoms with Gasteiger partial charge in [-0.3, -0.25) is 9.59 Å². The molecule has 2 saturated heterocycles. The minimum Gasteiger partial charge on any atom is -0.477 e. The number of hydrogen-bond donors (Lipinski definition) is 2. The van der Waals surface area contributed by atoms with Crippen LogP contribution in [0.2, 0.25) is 0 Å². The smallest absolute Gasteiger partial charge is 0.353 e. The van der Waals surface area contributed by atoms with E-state index in [1.165, 1.54) is 16.7 Å². The van der Waals surface area contributed by atoms with Crippen LogP contribution in [0.15, 0.2) is 10.6 Å². The minimum atomic E-state index is -1.11. The number of thioether (sulfide) groups is 1. The molecule has 3 aliphatic rings. The van der Waals surface area contributed by atoms with Gasteiger partial charge in [0.15, 0.2) is 0 Å². The van der Waals surface area contributed by atoms with Crippen molar-refractivity contribution >= 4 is 30.0 Å². The van der Waals surface area contributed by atoms with Gasteiger partial charge in [-0.05, 0) is 6.92 Å². The highest BCUT2D eigenvalue weighted by atomic mass is 32.2. The van der Waals surface area contributed by atoms with Gasteiger partial charge in [0.1, 0.15) is 5.70 Å². The number of amides is 2. The molecule has 120 valence electrons. The summed E-state index contributed by atoms with van der Waals surface area (Å²) in [6.07, 6.45) is -0.00759. The lowest BCUT2D eigenvalue weighted by Crippen LogP contribution is -2.63. The fourth-order valence-electron chi connectivity index (χ4n) is 3.49. The first kappa shape index (κ1) is 15.4. The molecule has 3 unspecified atom stereocenters. The Bertz CT molecular complexity index is 570. The monoisotopic (exact) mass is 326 g/mol. The molecule has 0 spiro atoms. The van der Waals surface area contributed by atoms with Gasteiger partial charge in [0.2, 0.25) is 12.3 Å². The molecule has 0 aliphatic carbocycles. The molecule has 0 saturated carbocycles. The fourth-order valence-corrected chi connectivity index (χ4v) is 5.03. The molecule has 0 aromatic carbocycles. The molecule has 3 heterocycles. The van der Waals surface area contributed by atoms with Crippen LogP contribution in [-0.4, -0.2) is 68.8 Å². The van der Waals surface area contributed by atoms with Crippen molar-refractivity contribution in [1.82, 2.24) is 9.80 Å². The predicted octanol–water partition coefficient (Wildman–Crippen LogP) is -0.286. The van der Waals surface area contributed by atoms with Gasteiger partial charge in [0, 0.05) is 29.2 Å². The summed E-state index contributed by atoms with van der Waals surface area (Å²) in [6, 6.07) is -0.275. The average Bonchev–Trinajstić information content (AvgIpc) is 2.63. The van der Waals surface area contributed by atoms with E-state index in [9.17, 15) is 24.6 Å². The second kappa shape index (κ2) is 5.27. The lowest BCUT2D eigenvalue weighted by molar-refractivity contribution is -0.163. The number of fused-ring (bicyclic) bond motifs is 1. The highest BCUT2D eigenvalue weighted by molar-refractivity contribution is 8.03. The summed E-state index contributed by atoms with van der Waals surface area (Å²) in [5.41, 5.74) is 0.0500. The van der Waals surface area contributed by atoms with E-state index in [-0.39, 0.29) is 28.8 Å². The maximum atomic E-state index is 12.2. The van der Waals surface area contributed by atoms with Crippen LogP contribution in [0.4, 0.5) is 0 Å². The highest BCUT2D eigenvalue weighted by Gasteiger charge is 2.60. The van der Waals surface area contributed by atoms with E-state index in [2.05, 4.69) is 0 Å². The Labute approximate surface area is 131 Å². The lowest BCUT2D eigenvalue weighted by Gasteiger charge is -2.46. The van der Waals surface area contributed by atoms with Crippen LogP contribution >= 0.6 is 11.8 Å². The summed E-state index contributed by atoms with van der Waals surface area (Å²) in [6.45, 7) is 4.64. The van der Waals surface area contributed by atoms with Crippen LogP contribution in [0.1, 0.15) is 13.8 Å². The standard InChI is InChI=1S/C14H18N2O5S/c1-6-10-9(7(2)18)13(19)16(10)11(14(20)21)12(6)22-8-3-15(4-8)5-17/h5-10,18H,3-4H2,1-2H3,(H,20,21)/t6?,7?,9?,10-/m1/s1. The Morgan fingerprint density at radius 2 is 2.09 bits per heavy atom. The van der Waals surface area contributed by atoms with E-state index in [0.717, 1.165) is 6.41 Å². The maximum absolute atomic E-state index is 12.2. The molecule has 3 rings (SSSR count). The number of nitrogens with zero attached hydrogens (tertiary/aromatic N) is 2. The SMILES string of the molecule is CC(O)C1C(=O)N2C(C(=O)O)=C(SC3CN(C=O)C3)C(C)[C@H]12. The van der Waals surface area contributed by atoms with Crippen molar-refractivity contribution in [3.63, 3.8) is 0 Å². The molecule has 2 N–H and O–H groups in total. The van der Waals surface area contributed by atoms with E-state index in [1.807, 2.05) is 6.92 Å². The van der Waals surface area contributed by atoms with Crippen molar-refractivity contribution in [2.75, 3.05) is 13.1 Å². The van der Waals surface area contributed by atoms with Crippen molar-refractivity contribution in [2.24, 2.45) is 11.8 Å². The van der Waals surface area contributed by atoms with Crippen LogP contribution < -0.4 is 0 Å². The number of aliphatic hydroxyl groups is 1. The number of carboxylic acid groups (broad SMARTS) is 1. The van der Waals surface area contributed by atoms with Gasteiger partial charge in [0.05, 0.1) is 18.1 Å². The Morgan fingerprint density at radius 1 is 1.45 bits per heavy atom. The predicted molar refractivity (Wildman–Crippen MR) is 78.6 cm³/mol. The van der Waals surface area contributed by atoms with E-state index in [0.29, 0.717) is 18.0 Å². The van der Waals surface area contributed by atoms with E-state index in [1.54, 1.807) is 11.8 Å². The molecule has 0 radical (unpaired) electrons. The van der Waals surface area contributed by atoms with Crippen molar-refractivity contribution in [3.8, 4) is 0 Å². The number of aliphatic hydroxyl groups excluding tert-OH is 1. The van der Waals surface area contributed by atoms with E-state index in [4.69, 9.17) is 0 Å². The first-order valence-electron chi connectivity index (χ1n) is 7.21. The van der Waals surface area contributed by atoms with Gasteiger partial charge in [-0.15, -0.1) is 11.8 Å². The molecule has 0 aromatic rings. The molecular formula is C14H18N2O5S. The molecule has 4 atom stereocenters. The third-order valence-corrected chi connectivity index (χ3v) is 6.08. The normalized spacial score (nSPS) is 32.5. The van der Waals surface area contributed by atoms with Crippen molar-refractivity contribution in [2.45, 2.75) is 31.2 Å². The molecule has 0 aromatic heterocycles. The third kappa shape index (κ3) is 2.04. The number of aliphatic carboxylic acids is 1. The number of rotatable bonds is 5. The van der Waals surface area contributed by atoms with E-state index < -0.39 is 18.0 Å². The first-order valence-corrected chi connectivity index (χ1v) is 8.09. The summed E-state index contributed by atoms with van der Waals surface area (Å²) >= 11 is 1.44. The molecule has 3 aliphatic heterocycles. The lowest BCUT2D eigenvalue weighted by atomic mass is 9.79. The van der Waals surface area contributed by atoms with E-state index >= 15 is 0 Å². The van der Waals surface area contributed by atoms with Crippen LogP contribution in [0.3, 0.4) is 0 Å². The molecule has 2 amide bonds. The number of β-lactam (4-membered cyclic amide) rings is 1. The minimum absolute atomic E-state index is 0.0500. The van der Waals surface area contributed by atoms with Gasteiger partial charge < -0.3 is 20.0 Å². The number of carbonyl (C=O) groups excluding carboxylic acids is 2. The van der Waals surface area contributed by atoms with Gasteiger partial charge >= 0.3 is 5.97 Å². The average molecular weight is 326 g/mol. The Kier molecular flexibility index (Phi) is 3.68. The second-order valence-electron chi connectivity index (χ2n) is 6.07. The fraction of sp³-hybridized carbons (Fsp3) is 0.643. The molecule has 2 fully saturated rings. The Morgan fingerprint density at radius 3 is 2.59 bits per heavy atom. The van der Waals surface area contributed by atoms with Crippen molar-refractivity contribution < 1.29 is 24.6 Å². The van der Waals surface area contributed by atoms with Gasteiger partial charge in [-0.1, -0.05) is 6.92 Å². The largest absolute Gasteiger partial charge is 0.477 e. The van der Waals surface area contributed by atoms with Crippen LogP contribution in [0.25, 0.3) is 0 Å². The third-order valence-electron chi connectivity index (χ3n) is 4.63. The summed E-state index contributed by atoms with van der Waals surface area (Å²) in [5, 5.41) is 19.4. The number of hydrogen-bond acceptors (Lipinski definition) is 5. The van der Waals surface area contributed by atoms with Gasteiger partial charge in [0.25, 0.3) is 0 Å². The summed E-state index contributed by atoms with van der Waals surface area (Å²) in [5.74, 6) is -2.07. The molecular weight excluding hydrogens is 308 g/mol. The number of carbonyl (C=O) groups is 3. The zero-order valence-corrected chi connectivity index (χ0v) is 13.1. The molecule has 8 heteroatoms. The summed E-state index contributed by atoms with van der Waals surface area (Å²) in [4.78, 5) is 38.0. The highest BCUT2D eigenvalue weighted by Crippen LogP contribution is 2.51. The second-order valence-corrected chi connectivity index (χ2v) is 7.41. The van der Waals surface area contributed by atoms with Crippen molar-refractivity contribution in [1.29, 1.82) is 0 Å². The molecule has 0 bridgehead atoms. The summed E-state index contributed by atoms with van der Waals surface area (Å²) in [7, 11) is 0. The van der Waals surface area contributed by atoms with Gasteiger partial charge in [-0.25, -0.2) is 4.79 Å². The zero-order chi connectivity index (χ0) is 16.2. The quantitative estimate of drug-likeness (QED) is 0.532. The molecule has 7 nitrogen and oxygen atoms in total. The summed E-state index contributed by atoms with van der Waals surface area (Å²) < 4.78 is 0. The topological polar surface area (TPSA) is 98.2 Å². The number of carboxylic acids is 1. The molecule has 22 heavy (non-hydrogen) atoms. The first-order chi connectivity index (χ1) is 10.4. The van der Waals surface area contributed by atoms with Crippen LogP contribution in [-0.2, 0) is 14.4 Å². The van der Waals surface area contributed by atoms with Crippen LogP contribution in [0, 0.1) is 11.8 Å². The van der Waals surface area contributed by atoms with Gasteiger partial charge in [-0.2, -0.15) is 0 Å². The maximum Gasteiger partial charge on any atom is 0.353 e. The van der Waals surface area contributed by atoms with Crippen LogP contribution in [0.5, 0.6) is 0 Å². The van der Waals surface area contributed by atoms with Crippen molar-refractivity contribution in [3.05, 3.63) is 10.6 Å². The Hall–Kier alpha value is -1.54.